The molecule has 1 aromatic carbocycles. The maximum atomic E-state index is 13.6. The van der Waals surface area contributed by atoms with Crippen molar-refractivity contribution in [2.45, 2.75) is 58.3 Å². The summed E-state index contributed by atoms with van der Waals surface area (Å²) in [6, 6.07) is 8.39. The lowest BCUT2D eigenvalue weighted by atomic mass is 9.56. The van der Waals surface area contributed by atoms with Gasteiger partial charge in [-0.3, -0.25) is 14.5 Å². The Kier molecular flexibility index (Phi) is 5.00. The average molecular weight is 423 g/mol. The minimum Gasteiger partial charge on any atom is -0.385 e. The highest BCUT2D eigenvalue weighted by Crippen LogP contribution is 2.59. The highest BCUT2D eigenvalue weighted by atomic mass is 16.5. The molecule has 1 aromatic heterocycles. The second-order valence-electron chi connectivity index (χ2n) is 10.8. The predicted octanol–water partition coefficient (Wildman–Crippen LogP) is 4.83. The zero-order valence-corrected chi connectivity index (χ0v) is 19.1. The van der Waals surface area contributed by atoms with Crippen LogP contribution >= 0.6 is 0 Å². The molecular formula is C26H34N2O3. The number of nitrogens with zero attached hydrogens (tertiary/aromatic N) is 1. The summed E-state index contributed by atoms with van der Waals surface area (Å²) in [6.07, 6.45) is 3.99. The summed E-state index contributed by atoms with van der Waals surface area (Å²) < 4.78 is 5.17. The Morgan fingerprint density at radius 2 is 1.90 bits per heavy atom. The first kappa shape index (κ1) is 20.7. The summed E-state index contributed by atoms with van der Waals surface area (Å²) in [5.41, 5.74) is 3.62. The lowest BCUT2D eigenvalue weighted by Gasteiger charge is -2.47. The van der Waals surface area contributed by atoms with Crippen molar-refractivity contribution in [3.63, 3.8) is 0 Å². The van der Waals surface area contributed by atoms with Crippen LogP contribution in [0.1, 0.15) is 69.5 Å². The van der Waals surface area contributed by atoms with Gasteiger partial charge in [0.15, 0.2) is 0 Å². The lowest BCUT2D eigenvalue weighted by molar-refractivity contribution is -0.140. The molecule has 1 aliphatic heterocycles. The molecule has 5 heteroatoms. The van der Waals surface area contributed by atoms with Crippen molar-refractivity contribution in [1.29, 1.82) is 0 Å². The summed E-state index contributed by atoms with van der Waals surface area (Å²) in [4.78, 5) is 32.3. The van der Waals surface area contributed by atoms with Gasteiger partial charge >= 0.3 is 0 Å². The molecule has 166 valence electrons. The molecule has 0 spiro atoms. The summed E-state index contributed by atoms with van der Waals surface area (Å²) >= 11 is 0. The predicted molar refractivity (Wildman–Crippen MR) is 121 cm³/mol. The van der Waals surface area contributed by atoms with Gasteiger partial charge in [0.1, 0.15) is 0 Å². The molecule has 1 N–H and O–H groups in total. The van der Waals surface area contributed by atoms with E-state index in [0.29, 0.717) is 31.4 Å². The standard InChI is InChI=1S/C26H34N2O3/c1-26(2,3)15-10-11-16-18(14-15)21-22(25(30)28(24(21)29)12-7-13-31-4)23-20(16)17-8-5-6-9-19(17)27-23/h5-6,8-9,15-16,18,21-22,27H,7,10-14H2,1-4H3. The number of hydrogen-bond donors (Lipinski definition) is 1. The van der Waals surface area contributed by atoms with E-state index < -0.39 is 0 Å². The molecule has 31 heavy (non-hydrogen) atoms. The van der Waals surface area contributed by atoms with Crippen LogP contribution < -0.4 is 0 Å². The fraction of sp³-hybridized carbons (Fsp3) is 0.615. The largest absolute Gasteiger partial charge is 0.385 e. The van der Waals surface area contributed by atoms with Crippen LogP contribution in [-0.4, -0.2) is 42.0 Å². The third kappa shape index (κ3) is 3.15. The van der Waals surface area contributed by atoms with Gasteiger partial charge in [-0.05, 0) is 60.5 Å². The van der Waals surface area contributed by atoms with Crippen molar-refractivity contribution in [3.8, 4) is 0 Å². The molecule has 1 saturated heterocycles. The average Bonchev–Trinajstić information content (AvgIpc) is 3.24. The zero-order valence-electron chi connectivity index (χ0n) is 19.1. The number of likely N-dealkylation sites (tertiary alicyclic amines) is 1. The molecule has 2 amide bonds. The number of benzene rings is 1. The van der Waals surface area contributed by atoms with Gasteiger partial charge in [0.05, 0.1) is 11.8 Å². The van der Waals surface area contributed by atoms with Crippen molar-refractivity contribution >= 4 is 22.7 Å². The topological polar surface area (TPSA) is 62.4 Å². The Bertz CT molecular complexity index is 1020. The van der Waals surface area contributed by atoms with E-state index in [9.17, 15) is 9.59 Å². The number of methoxy groups -OCH3 is 1. The monoisotopic (exact) mass is 422 g/mol. The molecular weight excluding hydrogens is 388 g/mol. The number of rotatable bonds is 4. The quantitative estimate of drug-likeness (QED) is 0.567. The molecule has 5 atom stereocenters. The Morgan fingerprint density at radius 3 is 2.65 bits per heavy atom. The van der Waals surface area contributed by atoms with Gasteiger partial charge in [-0.25, -0.2) is 0 Å². The number of carbonyl (C=O) groups is 2. The smallest absolute Gasteiger partial charge is 0.239 e. The highest BCUT2D eigenvalue weighted by molar-refractivity contribution is 6.09. The number of fused-ring (bicyclic) bond motifs is 8. The van der Waals surface area contributed by atoms with Crippen LogP contribution in [-0.2, 0) is 14.3 Å². The molecule has 0 radical (unpaired) electrons. The second-order valence-corrected chi connectivity index (χ2v) is 10.8. The number of hydrogen-bond acceptors (Lipinski definition) is 3. The van der Waals surface area contributed by atoms with Crippen LogP contribution in [0.25, 0.3) is 10.9 Å². The number of nitrogens with one attached hydrogen (secondary N) is 1. The van der Waals surface area contributed by atoms with E-state index >= 15 is 0 Å². The normalized spacial score (nSPS) is 30.5. The van der Waals surface area contributed by atoms with Crippen LogP contribution in [0.4, 0.5) is 0 Å². The van der Waals surface area contributed by atoms with E-state index in [1.54, 1.807) is 7.11 Å². The summed E-state index contributed by atoms with van der Waals surface area (Å²) in [6.45, 7) is 7.95. The van der Waals surface area contributed by atoms with Crippen molar-refractivity contribution in [2.24, 2.45) is 23.2 Å². The first-order valence-electron chi connectivity index (χ1n) is 11.8. The van der Waals surface area contributed by atoms with Crippen LogP contribution in [0.2, 0.25) is 0 Å². The summed E-state index contributed by atoms with van der Waals surface area (Å²) in [7, 11) is 1.66. The molecule has 5 nitrogen and oxygen atoms in total. The van der Waals surface area contributed by atoms with Crippen molar-refractivity contribution in [3.05, 3.63) is 35.5 Å². The van der Waals surface area contributed by atoms with Gasteiger partial charge < -0.3 is 9.72 Å². The van der Waals surface area contributed by atoms with Gasteiger partial charge in [0, 0.05) is 36.9 Å². The van der Waals surface area contributed by atoms with E-state index in [4.69, 9.17) is 4.74 Å². The number of aromatic nitrogens is 1. The first-order chi connectivity index (χ1) is 14.8. The van der Waals surface area contributed by atoms with Crippen LogP contribution in [0, 0.1) is 23.2 Å². The molecule has 2 heterocycles. The lowest BCUT2D eigenvalue weighted by Crippen LogP contribution is -2.41. The minimum absolute atomic E-state index is 0.0183. The number of para-hydroxylation sites is 1. The summed E-state index contributed by atoms with van der Waals surface area (Å²) in [5, 5.41) is 1.23. The Hall–Kier alpha value is -2.14. The maximum Gasteiger partial charge on any atom is 0.239 e. The number of aromatic amines is 1. The molecule has 2 aliphatic carbocycles. The van der Waals surface area contributed by atoms with Gasteiger partial charge in [-0.15, -0.1) is 0 Å². The Balaban J connectivity index is 1.61. The molecule has 3 aliphatic rings. The van der Waals surface area contributed by atoms with E-state index in [-0.39, 0.29) is 35.0 Å². The summed E-state index contributed by atoms with van der Waals surface area (Å²) in [5.74, 6) is 0.588. The zero-order chi connectivity index (χ0) is 21.9. The number of carbonyl (C=O) groups excluding carboxylic acids is 2. The van der Waals surface area contributed by atoms with E-state index in [1.807, 2.05) is 6.07 Å². The molecule has 2 aromatic rings. The SMILES string of the molecule is COCCCN1C(=O)C2c3[nH]c4ccccc4c3C3CCC(C(C)(C)C)CC3C2C1=O. The van der Waals surface area contributed by atoms with Gasteiger partial charge in [0.2, 0.25) is 11.8 Å². The molecule has 1 saturated carbocycles. The van der Waals surface area contributed by atoms with Gasteiger partial charge in [-0.1, -0.05) is 39.0 Å². The van der Waals surface area contributed by atoms with Crippen LogP contribution in [0.15, 0.2) is 24.3 Å². The fourth-order valence-electron chi connectivity index (χ4n) is 6.65. The maximum absolute atomic E-state index is 13.6. The molecule has 5 unspecified atom stereocenters. The number of H-pyrrole nitrogens is 1. The van der Waals surface area contributed by atoms with Crippen molar-refractivity contribution < 1.29 is 14.3 Å². The van der Waals surface area contributed by atoms with Gasteiger partial charge in [-0.2, -0.15) is 0 Å². The Labute approximate surface area is 184 Å². The van der Waals surface area contributed by atoms with Crippen molar-refractivity contribution in [2.75, 3.05) is 20.3 Å². The van der Waals surface area contributed by atoms with Gasteiger partial charge in [0.25, 0.3) is 0 Å². The molecule has 2 fully saturated rings. The fourth-order valence-corrected chi connectivity index (χ4v) is 6.65. The minimum atomic E-state index is -0.364. The third-order valence-corrected chi connectivity index (χ3v) is 8.22. The van der Waals surface area contributed by atoms with Crippen LogP contribution in [0.5, 0.6) is 0 Å². The van der Waals surface area contributed by atoms with Crippen molar-refractivity contribution in [1.82, 2.24) is 9.88 Å². The third-order valence-electron chi connectivity index (χ3n) is 8.22. The second kappa shape index (κ2) is 7.47. The van der Waals surface area contributed by atoms with Crippen LogP contribution in [0.3, 0.4) is 0 Å². The molecule has 0 bridgehead atoms. The number of imide groups is 1. The van der Waals surface area contributed by atoms with E-state index in [1.165, 1.54) is 22.3 Å². The first-order valence-corrected chi connectivity index (χ1v) is 11.8. The molecule has 5 rings (SSSR count). The number of ether oxygens (including phenoxy) is 1. The Morgan fingerprint density at radius 1 is 1.13 bits per heavy atom. The van der Waals surface area contributed by atoms with E-state index in [0.717, 1.165) is 24.1 Å². The number of amides is 2. The van der Waals surface area contributed by atoms with E-state index in [2.05, 4.69) is 44.0 Å². The highest BCUT2D eigenvalue weighted by Gasteiger charge is 2.59.